The standard InChI is InChI=1S/C20H16N4O4/c25-17-11-24(16-9-5-4-8-15(16)22-17)18(26)12-28-20(27)14-10-21-23-19(14)13-6-2-1-3-7-13/h1-10H,11-12H2,(H,21,23)(H,22,25). The number of rotatable bonds is 4. The Balaban J connectivity index is 1.47. The Morgan fingerprint density at radius 1 is 1.07 bits per heavy atom. The predicted octanol–water partition coefficient (Wildman–Crippen LogP) is 2.22. The number of benzene rings is 2. The van der Waals surface area contributed by atoms with Crippen molar-refractivity contribution in [1.82, 2.24) is 10.2 Å². The molecule has 28 heavy (non-hydrogen) atoms. The smallest absolute Gasteiger partial charge is 0.342 e. The monoisotopic (exact) mass is 376 g/mol. The van der Waals surface area contributed by atoms with E-state index in [-0.39, 0.29) is 18.0 Å². The number of hydrogen-bond acceptors (Lipinski definition) is 5. The van der Waals surface area contributed by atoms with E-state index >= 15 is 0 Å². The zero-order valence-electron chi connectivity index (χ0n) is 14.7. The van der Waals surface area contributed by atoms with Crippen molar-refractivity contribution >= 4 is 29.2 Å². The molecule has 1 aliphatic rings. The van der Waals surface area contributed by atoms with Crippen LogP contribution in [0.2, 0.25) is 0 Å². The highest BCUT2D eigenvalue weighted by Crippen LogP contribution is 2.29. The van der Waals surface area contributed by atoms with E-state index in [0.717, 1.165) is 5.56 Å². The first-order chi connectivity index (χ1) is 13.6. The normalized spacial score (nSPS) is 12.9. The maximum Gasteiger partial charge on any atom is 0.342 e. The summed E-state index contributed by atoms with van der Waals surface area (Å²) < 4.78 is 5.19. The lowest BCUT2D eigenvalue weighted by molar-refractivity contribution is -0.124. The molecule has 0 fully saturated rings. The summed E-state index contributed by atoms with van der Waals surface area (Å²) in [4.78, 5) is 38.2. The summed E-state index contributed by atoms with van der Waals surface area (Å²) >= 11 is 0. The topological polar surface area (TPSA) is 104 Å². The van der Waals surface area contributed by atoms with Crippen molar-refractivity contribution in [3.05, 3.63) is 66.4 Å². The van der Waals surface area contributed by atoms with E-state index in [0.29, 0.717) is 17.1 Å². The summed E-state index contributed by atoms with van der Waals surface area (Å²) in [6, 6.07) is 16.2. The van der Waals surface area contributed by atoms with Crippen molar-refractivity contribution in [2.45, 2.75) is 0 Å². The SMILES string of the molecule is O=C1CN(C(=O)COC(=O)c2cn[nH]c2-c2ccccc2)c2ccccc2N1. The van der Waals surface area contributed by atoms with Gasteiger partial charge in [0.1, 0.15) is 12.1 Å². The second-order valence-electron chi connectivity index (χ2n) is 6.15. The Labute approximate surface area is 160 Å². The van der Waals surface area contributed by atoms with E-state index in [2.05, 4.69) is 15.5 Å². The molecular formula is C20H16N4O4. The molecule has 1 aromatic heterocycles. The third-order valence-corrected chi connectivity index (χ3v) is 4.32. The number of aromatic nitrogens is 2. The highest BCUT2D eigenvalue weighted by atomic mass is 16.5. The fraction of sp³-hybridized carbons (Fsp3) is 0.100. The predicted molar refractivity (Wildman–Crippen MR) is 102 cm³/mol. The molecule has 0 radical (unpaired) electrons. The number of anilines is 2. The Morgan fingerprint density at radius 3 is 2.64 bits per heavy atom. The molecule has 3 aromatic rings. The average molecular weight is 376 g/mol. The molecule has 8 nitrogen and oxygen atoms in total. The van der Waals surface area contributed by atoms with Crippen LogP contribution in [0.3, 0.4) is 0 Å². The number of nitrogens with zero attached hydrogens (tertiary/aromatic N) is 2. The van der Waals surface area contributed by atoms with Crippen molar-refractivity contribution in [3.8, 4) is 11.3 Å². The van der Waals surface area contributed by atoms with Gasteiger partial charge in [0.2, 0.25) is 5.91 Å². The fourth-order valence-electron chi connectivity index (χ4n) is 3.00. The first-order valence-corrected chi connectivity index (χ1v) is 8.58. The number of esters is 1. The summed E-state index contributed by atoms with van der Waals surface area (Å²) in [7, 11) is 0. The molecule has 2 amide bonds. The van der Waals surface area contributed by atoms with E-state index in [9.17, 15) is 14.4 Å². The lowest BCUT2D eigenvalue weighted by atomic mass is 10.1. The number of amides is 2. The van der Waals surface area contributed by atoms with E-state index < -0.39 is 18.5 Å². The van der Waals surface area contributed by atoms with Crippen LogP contribution < -0.4 is 10.2 Å². The summed E-state index contributed by atoms with van der Waals surface area (Å²) in [6.45, 7) is -0.617. The number of carbonyl (C=O) groups is 3. The minimum absolute atomic E-state index is 0.131. The van der Waals surface area contributed by atoms with Gasteiger partial charge in [0.05, 0.1) is 23.3 Å². The zero-order valence-corrected chi connectivity index (χ0v) is 14.7. The van der Waals surface area contributed by atoms with Crippen LogP contribution >= 0.6 is 0 Å². The number of fused-ring (bicyclic) bond motifs is 1. The highest BCUT2D eigenvalue weighted by molar-refractivity contribution is 6.10. The van der Waals surface area contributed by atoms with Crippen molar-refractivity contribution in [1.29, 1.82) is 0 Å². The van der Waals surface area contributed by atoms with Crippen LogP contribution in [0.25, 0.3) is 11.3 Å². The molecule has 0 saturated carbocycles. The second-order valence-corrected chi connectivity index (χ2v) is 6.15. The van der Waals surface area contributed by atoms with Gasteiger partial charge in [-0.1, -0.05) is 42.5 Å². The molecule has 4 rings (SSSR count). The van der Waals surface area contributed by atoms with Gasteiger partial charge in [0.15, 0.2) is 6.61 Å². The van der Waals surface area contributed by atoms with Gasteiger partial charge in [-0.3, -0.25) is 19.6 Å². The third-order valence-electron chi connectivity index (χ3n) is 4.32. The Hall–Kier alpha value is -3.94. The van der Waals surface area contributed by atoms with Crippen LogP contribution in [0, 0.1) is 0 Å². The Bertz CT molecular complexity index is 1050. The Morgan fingerprint density at radius 2 is 1.82 bits per heavy atom. The molecule has 2 aromatic carbocycles. The van der Waals surface area contributed by atoms with Crippen LogP contribution in [0.5, 0.6) is 0 Å². The molecular weight excluding hydrogens is 360 g/mol. The largest absolute Gasteiger partial charge is 0.452 e. The number of hydrogen-bond donors (Lipinski definition) is 2. The molecule has 0 spiro atoms. The minimum atomic E-state index is -0.671. The second kappa shape index (κ2) is 7.36. The number of carbonyl (C=O) groups excluding carboxylic acids is 3. The molecule has 1 aliphatic heterocycles. The van der Waals surface area contributed by atoms with Gasteiger partial charge >= 0.3 is 5.97 Å². The van der Waals surface area contributed by atoms with Crippen molar-refractivity contribution < 1.29 is 19.1 Å². The van der Waals surface area contributed by atoms with Gasteiger partial charge in [-0.25, -0.2) is 4.79 Å². The number of aromatic amines is 1. The maximum absolute atomic E-state index is 12.6. The molecule has 0 aliphatic carbocycles. The number of H-pyrrole nitrogens is 1. The molecule has 0 saturated heterocycles. The number of ether oxygens (including phenoxy) is 1. The van der Waals surface area contributed by atoms with Crippen LogP contribution in [0.4, 0.5) is 11.4 Å². The van der Waals surface area contributed by atoms with E-state index in [1.807, 2.05) is 30.3 Å². The lowest BCUT2D eigenvalue weighted by Gasteiger charge is -2.28. The van der Waals surface area contributed by atoms with Crippen molar-refractivity contribution in [3.63, 3.8) is 0 Å². The average Bonchev–Trinajstić information content (AvgIpc) is 3.22. The summed E-state index contributed by atoms with van der Waals surface area (Å²) in [5.41, 5.74) is 2.63. The molecule has 0 bridgehead atoms. The van der Waals surface area contributed by atoms with E-state index in [4.69, 9.17) is 4.74 Å². The molecule has 0 atom stereocenters. The van der Waals surface area contributed by atoms with Gasteiger partial charge < -0.3 is 10.1 Å². The van der Waals surface area contributed by atoms with Crippen molar-refractivity contribution in [2.75, 3.05) is 23.4 Å². The van der Waals surface area contributed by atoms with Crippen LogP contribution in [-0.2, 0) is 14.3 Å². The van der Waals surface area contributed by atoms with Gasteiger partial charge in [-0.05, 0) is 12.1 Å². The molecule has 8 heteroatoms. The summed E-state index contributed by atoms with van der Waals surface area (Å²) in [6.07, 6.45) is 1.36. The maximum atomic E-state index is 12.6. The van der Waals surface area contributed by atoms with Gasteiger partial charge in [-0.15, -0.1) is 0 Å². The van der Waals surface area contributed by atoms with Crippen molar-refractivity contribution in [2.24, 2.45) is 0 Å². The molecule has 2 N–H and O–H groups in total. The number of para-hydroxylation sites is 2. The first-order valence-electron chi connectivity index (χ1n) is 8.58. The molecule has 2 heterocycles. The van der Waals surface area contributed by atoms with E-state index in [1.165, 1.54) is 11.1 Å². The molecule has 0 unspecified atom stereocenters. The van der Waals surface area contributed by atoms with E-state index in [1.54, 1.807) is 24.3 Å². The quantitative estimate of drug-likeness (QED) is 0.680. The summed E-state index contributed by atoms with van der Waals surface area (Å²) in [5.74, 6) is -1.46. The van der Waals surface area contributed by atoms with Gasteiger partial charge in [-0.2, -0.15) is 5.10 Å². The highest BCUT2D eigenvalue weighted by Gasteiger charge is 2.27. The molecule has 140 valence electrons. The summed E-state index contributed by atoms with van der Waals surface area (Å²) in [5, 5.41) is 9.38. The van der Waals surface area contributed by atoms with Gasteiger partial charge in [0, 0.05) is 5.56 Å². The fourth-order valence-corrected chi connectivity index (χ4v) is 3.00. The van der Waals surface area contributed by atoms with Crippen LogP contribution in [-0.4, -0.2) is 41.1 Å². The first kappa shape index (κ1) is 17.5. The van der Waals surface area contributed by atoms with Gasteiger partial charge in [0.25, 0.3) is 5.91 Å². The Kier molecular flexibility index (Phi) is 4.59. The van der Waals surface area contributed by atoms with Crippen LogP contribution in [0.1, 0.15) is 10.4 Å². The minimum Gasteiger partial charge on any atom is -0.452 e. The lowest BCUT2D eigenvalue weighted by Crippen LogP contribution is -2.44. The van der Waals surface area contributed by atoms with Crippen LogP contribution in [0.15, 0.2) is 60.8 Å². The zero-order chi connectivity index (χ0) is 19.5. The number of nitrogens with one attached hydrogen (secondary N) is 2. The third kappa shape index (κ3) is 3.35.